The Morgan fingerprint density at radius 1 is 1.03 bits per heavy atom. The lowest BCUT2D eigenvalue weighted by atomic mass is 10.2. The number of alkyl halides is 3. The highest BCUT2D eigenvalue weighted by atomic mass is 19.4. The van der Waals surface area contributed by atoms with Gasteiger partial charge in [-0.3, -0.25) is 4.79 Å². The molecule has 164 valence electrons. The smallest absolute Gasteiger partial charge is 0.435 e. The number of aromatic nitrogens is 3. The van der Waals surface area contributed by atoms with Crippen LogP contribution in [0.25, 0.3) is 5.69 Å². The summed E-state index contributed by atoms with van der Waals surface area (Å²) in [6, 6.07) is 9.81. The minimum atomic E-state index is -4.94. The second-order valence-electron chi connectivity index (χ2n) is 6.44. The number of benzene rings is 2. The highest BCUT2D eigenvalue weighted by Crippen LogP contribution is 2.32. The molecule has 0 saturated carbocycles. The zero-order chi connectivity index (χ0) is 22.4. The third kappa shape index (κ3) is 5.77. The van der Waals surface area contributed by atoms with Gasteiger partial charge in [-0.2, -0.15) is 13.2 Å². The van der Waals surface area contributed by atoms with Crippen molar-refractivity contribution in [1.29, 1.82) is 0 Å². The van der Waals surface area contributed by atoms with Crippen LogP contribution >= 0.6 is 0 Å². The molecule has 0 unspecified atom stereocenters. The Kier molecular flexibility index (Phi) is 6.83. The van der Waals surface area contributed by atoms with Gasteiger partial charge in [0.25, 0.3) is 5.91 Å². The Bertz CT molecular complexity index is 1030. The molecule has 0 fully saturated rings. The van der Waals surface area contributed by atoms with Crippen LogP contribution in [0.5, 0.6) is 5.75 Å². The third-order valence-electron chi connectivity index (χ3n) is 4.15. The molecule has 0 radical (unpaired) electrons. The van der Waals surface area contributed by atoms with Crippen LogP contribution in [-0.2, 0) is 6.18 Å². The molecule has 1 amide bonds. The molecule has 0 aliphatic carbocycles. The molecule has 31 heavy (non-hydrogen) atoms. The van der Waals surface area contributed by atoms with E-state index >= 15 is 0 Å². The van der Waals surface area contributed by atoms with Crippen molar-refractivity contribution >= 4 is 5.91 Å². The zero-order valence-corrected chi connectivity index (χ0v) is 16.0. The van der Waals surface area contributed by atoms with E-state index in [0.717, 1.165) is 12.1 Å². The maximum absolute atomic E-state index is 13.5. The fourth-order valence-electron chi connectivity index (χ4n) is 2.71. The molecule has 0 aliphatic heterocycles. The summed E-state index contributed by atoms with van der Waals surface area (Å²) < 4.78 is 72.6. The van der Waals surface area contributed by atoms with Crippen LogP contribution in [0.15, 0.2) is 48.5 Å². The normalized spacial score (nSPS) is 11.4. The number of hydrogen-bond acceptors (Lipinski definition) is 4. The number of unbranched alkanes of at least 4 members (excludes halogenated alkanes) is 1. The first-order valence-electron chi connectivity index (χ1n) is 9.21. The predicted octanol–water partition coefficient (Wildman–Crippen LogP) is 4.15. The van der Waals surface area contributed by atoms with Gasteiger partial charge in [0.15, 0.2) is 11.4 Å². The average molecular weight is 440 g/mol. The van der Waals surface area contributed by atoms with Crippen LogP contribution in [-0.4, -0.2) is 34.1 Å². The highest BCUT2D eigenvalue weighted by molar-refractivity contribution is 5.93. The lowest BCUT2D eigenvalue weighted by molar-refractivity contribution is -0.143. The zero-order valence-electron chi connectivity index (χ0n) is 16.0. The van der Waals surface area contributed by atoms with Crippen LogP contribution in [0.3, 0.4) is 0 Å². The van der Waals surface area contributed by atoms with Crippen LogP contribution in [0, 0.1) is 11.6 Å². The van der Waals surface area contributed by atoms with E-state index in [1.807, 2.05) is 0 Å². The van der Waals surface area contributed by atoms with Gasteiger partial charge in [0, 0.05) is 6.54 Å². The largest absolute Gasteiger partial charge is 0.494 e. The van der Waals surface area contributed by atoms with Gasteiger partial charge in [-0.1, -0.05) is 11.3 Å². The van der Waals surface area contributed by atoms with Crippen molar-refractivity contribution in [2.75, 3.05) is 13.2 Å². The highest BCUT2D eigenvalue weighted by Gasteiger charge is 2.42. The molecule has 3 aromatic rings. The summed E-state index contributed by atoms with van der Waals surface area (Å²) in [7, 11) is 0. The molecular formula is C20H17F5N4O2. The van der Waals surface area contributed by atoms with Gasteiger partial charge in [0.2, 0.25) is 0 Å². The fourth-order valence-corrected chi connectivity index (χ4v) is 2.71. The number of hydrogen-bond donors (Lipinski definition) is 1. The lowest BCUT2D eigenvalue weighted by Crippen LogP contribution is -2.28. The summed E-state index contributed by atoms with van der Waals surface area (Å²) in [5.41, 5.74) is -2.51. The third-order valence-corrected chi connectivity index (χ3v) is 4.15. The van der Waals surface area contributed by atoms with Crippen molar-refractivity contribution < 1.29 is 31.5 Å². The second kappa shape index (κ2) is 9.54. The van der Waals surface area contributed by atoms with E-state index in [2.05, 4.69) is 15.6 Å². The predicted molar refractivity (Wildman–Crippen MR) is 99.8 cm³/mol. The number of carbonyl (C=O) groups is 1. The van der Waals surface area contributed by atoms with Gasteiger partial charge in [-0.25, -0.2) is 13.5 Å². The van der Waals surface area contributed by atoms with E-state index in [-0.39, 0.29) is 24.7 Å². The summed E-state index contributed by atoms with van der Waals surface area (Å²) in [5.74, 6) is -1.71. The number of amides is 1. The molecule has 1 aromatic heterocycles. The van der Waals surface area contributed by atoms with E-state index in [1.54, 1.807) is 0 Å². The number of ether oxygens (including phenoxy) is 1. The van der Waals surface area contributed by atoms with Crippen LogP contribution < -0.4 is 10.1 Å². The van der Waals surface area contributed by atoms with Gasteiger partial charge < -0.3 is 10.1 Å². The van der Waals surface area contributed by atoms with Crippen molar-refractivity contribution in [3.05, 3.63) is 71.6 Å². The topological polar surface area (TPSA) is 69.0 Å². The SMILES string of the molecule is O=C(NCCCCOc1ccc(F)cc1)c1nnn(-c2cccc(F)c2)c1C(F)(F)F. The summed E-state index contributed by atoms with van der Waals surface area (Å²) in [5, 5.41) is 9.10. The standard InChI is InChI=1S/C20H17F5N4O2/c21-13-6-8-16(9-7-13)31-11-2-1-10-26-19(30)17-18(20(23,24)25)29(28-27-17)15-5-3-4-14(22)12-15/h3-9,12H,1-2,10-11H2,(H,26,30). The van der Waals surface area contributed by atoms with Crippen LogP contribution in [0.2, 0.25) is 0 Å². The molecule has 6 nitrogen and oxygen atoms in total. The lowest BCUT2D eigenvalue weighted by Gasteiger charge is -2.11. The van der Waals surface area contributed by atoms with Crippen molar-refractivity contribution in [2.24, 2.45) is 0 Å². The Morgan fingerprint density at radius 2 is 1.77 bits per heavy atom. The number of halogens is 5. The van der Waals surface area contributed by atoms with Gasteiger partial charge in [0.05, 0.1) is 12.3 Å². The van der Waals surface area contributed by atoms with Crippen LogP contribution in [0.1, 0.15) is 29.0 Å². The quantitative estimate of drug-likeness (QED) is 0.422. The van der Waals surface area contributed by atoms with Crippen molar-refractivity contribution in [2.45, 2.75) is 19.0 Å². The van der Waals surface area contributed by atoms with Gasteiger partial charge >= 0.3 is 6.18 Å². The minimum Gasteiger partial charge on any atom is -0.494 e. The van der Waals surface area contributed by atoms with Gasteiger partial charge in [0.1, 0.15) is 17.4 Å². The summed E-state index contributed by atoms with van der Waals surface area (Å²) >= 11 is 0. The maximum Gasteiger partial charge on any atom is 0.435 e. The van der Waals surface area contributed by atoms with Crippen molar-refractivity contribution in [1.82, 2.24) is 20.3 Å². The van der Waals surface area contributed by atoms with E-state index in [1.165, 1.54) is 36.4 Å². The summed E-state index contributed by atoms with van der Waals surface area (Å²) in [6.07, 6.45) is -4.02. The molecular weight excluding hydrogens is 423 g/mol. The Morgan fingerprint density at radius 3 is 2.45 bits per heavy atom. The van der Waals surface area contributed by atoms with Gasteiger partial charge in [-0.15, -0.1) is 5.10 Å². The Labute approximate surface area is 173 Å². The van der Waals surface area contributed by atoms with E-state index < -0.39 is 29.3 Å². The molecule has 0 spiro atoms. The molecule has 0 aliphatic rings. The number of nitrogens with one attached hydrogen (secondary N) is 1. The fraction of sp³-hybridized carbons (Fsp3) is 0.250. The second-order valence-corrected chi connectivity index (χ2v) is 6.44. The number of carbonyl (C=O) groups excluding carboxylic acids is 1. The molecule has 1 heterocycles. The molecule has 0 bridgehead atoms. The summed E-state index contributed by atoms with van der Waals surface area (Å²) in [6.45, 7) is 0.362. The van der Waals surface area contributed by atoms with Gasteiger partial charge in [-0.05, 0) is 55.3 Å². The first-order valence-corrected chi connectivity index (χ1v) is 9.21. The molecule has 3 rings (SSSR count). The van der Waals surface area contributed by atoms with Crippen molar-refractivity contribution in [3.63, 3.8) is 0 Å². The molecule has 2 aromatic carbocycles. The minimum absolute atomic E-state index is 0.0791. The van der Waals surface area contributed by atoms with E-state index in [9.17, 15) is 26.7 Å². The molecule has 1 N–H and O–H groups in total. The average Bonchev–Trinajstić information content (AvgIpc) is 3.18. The van der Waals surface area contributed by atoms with Crippen LogP contribution in [0.4, 0.5) is 22.0 Å². The van der Waals surface area contributed by atoms with E-state index in [0.29, 0.717) is 23.3 Å². The van der Waals surface area contributed by atoms with E-state index in [4.69, 9.17) is 4.74 Å². The molecule has 0 saturated heterocycles. The molecule has 11 heteroatoms. The monoisotopic (exact) mass is 440 g/mol. The molecule has 0 atom stereocenters. The Hall–Kier alpha value is -3.50. The summed E-state index contributed by atoms with van der Waals surface area (Å²) in [4.78, 5) is 12.2. The Balaban J connectivity index is 1.58. The number of nitrogens with zero attached hydrogens (tertiary/aromatic N) is 3. The van der Waals surface area contributed by atoms with Crippen molar-refractivity contribution in [3.8, 4) is 11.4 Å². The number of rotatable bonds is 8. The maximum atomic E-state index is 13.5. The first kappa shape index (κ1) is 22.2. The first-order chi connectivity index (χ1) is 14.8.